The molecule has 0 saturated carbocycles. The second kappa shape index (κ2) is 6.45. The predicted molar refractivity (Wildman–Crippen MR) is 86.3 cm³/mol. The Labute approximate surface area is 134 Å². The number of hydrogen-bond acceptors (Lipinski definition) is 4. The van der Waals surface area contributed by atoms with E-state index in [0.717, 1.165) is 8.95 Å². The molecule has 0 spiro atoms. The maximum atomic E-state index is 5.82. The second-order valence-electron chi connectivity index (χ2n) is 4.39. The molecule has 2 N–H and O–H groups in total. The Morgan fingerprint density at radius 3 is 2.55 bits per heavy atom. The first-order chi connectivity index (χ1) is 9.45. The van der Waals surface area contributed by atoms with Crippen molar-refractivity contribution in [2.24, 2.45) is 0 Å². The van der Waals surface area contributed by atoms with E-state index < -0.39 is 0 Å². The maximum Gasteiger partial charge on any atom is 0.240 e. The number of benzene rings is 1. The number of aromatic nitrogens is 1. The summed E-state index contributed by atoms with van der Waals surface area (Å²) < 4.78 is 13.1. The van der Waals surface area contributed by atoms with E-state index in [9.17, 15) is 0 Å². The lowest BCUT2D eigenvalue weighted by Crippen LogP contribution is -2.09. The van der Waals surface area contributed by atoms with Crippen LogP contribution in [0.2, 0.25) is 0 Å². The number of nitrogens with zero attached hydrogens (tertiary/aromatic N) is 1. The molecule has 0 atom stereocenters. The maximum absolute atomic E-state index is 5.82. The summed E-state index contributed by atoms with van der Waals surface area (Å²) in [5.41, 5.74) is 6.31. The Bertz CT molecular complexity index is 618. The van der Waals surface area contributed by atoms with Gasteiger partial charge in [0, 0.05) is 10.5 Å². The lowest BCUT2D eigenvalue weighted by molar-refractivity contribution is 0.232. The highest BCUT2D eigenvalue weighted by atomic mass is 79.9. The Kier molecular flexibility index (Phi) is 4.88. The van der Waals surface area contributed by atoms with Crippen LogP contribution in [-0.2, 0) is 0 Å². The summed E-state index contributed by atoms with van der Waals surface area (Å²) in [6.45, 7) is 3.83. The third kappa shape index (κ3) is 3.86. The molecule has 0 saturated heterocycles. The van der Waals surface area contributed by atoms with Gasteiger partial charge in [0.05, 0.1) is 16.3 Å². The third-order valence-electron chi connectivity index (χ3n) is 2.32. The van der Waals surface area contributed by atoms with Crippen molar-refractivity contribution in [1.82, 2.24) is 4.98 Å². The van der Waals surface area contributed by atoms with Crippen molar-refractivity contribution in [2.45, 2.75) is 20.0 Å². The van der Waals surface area contributed by atoms with E-state index in [4.69, 9.17) is 15.2 Å². The fraction of sp³-hybridized carbons (Fsp3) is 0.214. The van der Waals surface area contributed by atoms with Gasteiger partial charge in [-0.25, -0.2) is 0 Å². The number of halogens is 2. The molecule has 0 amide bonds. The first-order valence-electron chi connectivity index (χ1n) is 6.02. The summed E-state index contributed by atoms with van der Waals surface area (Å²) in [7, 11) is 0. The van der Waals surface area contributed by atoms with Crippen LogP contribution in [0.15, 0.2) is 39.3 Å². The largest absolute Gasteiger partial charge is 0.473 e. The van der Waals surface area contributed by atoms with Crippen molar-refractivity contribution in [1.29, 1.82) is 0 Å². The number of rotatable bonds is 4. The van der Waals surface area contributed by atoms with Crippen LogP contribution in [-0.4, -0.2) is 11.1 Å². The molecular formula is C14H14Br2N2O2. The van der Waals surface area contributed by atoms with Crippen LogP contribution >= 0.6 is 31.9 Å². The van der Waals surface area contributed by atoms with E-state index in [1.54, 1.807) is 12.1 Å². The molecule has 106 valence electrons. The number of hydrogen-bond donors (Lipinski definition) is 1. The van der Waals surface area contributed by atoms with E-state index in [1.807, 2.05) is 32.0 Å². The zero-order valence-corrected chi connectivity index (χ0v) is 14.2. The summed E-state index contributed by atoms with van der Waals surface area (Å²) >= 11 is 6.83. The molecular weight excluding hydrogens is 388 g/mol. The number of pyridine rings is 1. The average Bonchev–Trinajstić information content (AvgIpc) is 2.36. The highest BCUT2D eigenvalue weighted by Crippen LogP contribution is 2.33. The molecule has 1 aromatic carbocycles. The van der Waals surface area contributed by atoms with Gasteiger partial charge in [-0.05, 0) is 54.0 Å². The summed E-state index contributed by atoms with van der Waals surface area (Å²) in [5, 5.41) is 0. The van der Waals surface area contributed by atoms with Crippen molar-refractivity contribution in [3.8, 4) is 17.5 Å². The van der Waals surface area contributed by atoms with Gasteiger partial charge in [0.1, 0.15) is 5.75 Å². The van der Waals surface area contributed by atoms with E-state index >= 15 is 0 Å². The standard InChI is InChI=1S/C14H14Br2N2O2/c1-8(2)19-14-11(17)4-6-13(18-14)20-12-5-3-9(15)7-10(12)16/h3-8H,17H2,1-2H3. The molecule has 1 aromatic heterocycles. The van der Waals surface area contributed by atoms with Gasteiger partial charge in [-0.1, -0.05) is 15.9 Å². The van der Waals surface area contributed by atoms with Gasteiger partial charge < -0.3 is 15.2 Å². The number of ether oxygens (including phenoxy) is 2. The molecule has 0 unspecified atom stereocenters. The highest BCUT2D eigenvalue weighted by molar-refractivity contribution is 9.11. The molecule has 6 heteroatoms. The Morgan fingerprint density at radius 1 is 1.15 bits per heavy atom. The van der Waals surface area contributed by atoms with Crippen LogP contribution in [0, 0.1) is 0 Å². The Morgan fingerprint density at radius 2 is 1.90 bits per heavy atom. The van der Waals surface area contributed by atoms with Gasteiger partial charge in [0.25, 0.3) is 0 Å². The van der Waals surface area contributed by atoms with Crippen LogP contribution in [0.3, 0.4) is 0 Å². The van der Waals surface area contributed by atoms with E-state index in [-0.39, 0.29) is 6.10 Å². The second-order valence-corrected chi connectivity index (χ2v) is 6.16. The van der Waals surface area contributed by atoms with E-state index in [1.165, 1.54) is 0 Å². The fourth-order valence-corrected chi connectivity index (χ4v) is 2.61. The van der Waals surface area contributed by atoms with Crippen LogP contribution in [0.25, 0.3) is 0 Å². The predicted octanol–water partition coefficient (Wildman–Crippen LogP) is 4.77. The van der Waals surface area contributed by atoms with E-state index in [0.29, 0.717) is 23.2 Å². The van der Waals surface area contributed by atoms with E-state index in [2.05, 4.69) is 36.8 Å². The number of nitrogens with two attached hydrogens (primary N) is 1. The molecule has 0 aliphatic heterocycles. The van der Waals surface area contributed by atoms with Gasteiger partial charge in [0.15, 0.2) is 0 Å². The fourth-order valence-electron chi connectivity index (χ4n) is 1.48. The van der Waals surface area contributed by atoms with Crippen LogP contribution in [0.4, 0.5) is 5.69 Å². The van der Waals surface area contributed by atoms with Gasteiger partial charge >= 0.3 is 0 Å². The molecule has 20 heavy (non-hydrogen) atoms. The molecule has 2 rings (SSSR count). The molecule has 0 aliphatic rings. The Hall–Kier alpha value is -1.27. The first-order valence-corrected chi connectivity index (χ1v) is 7.60. The minimum Gasteiger partial charge on any atom is -0.473 e. The summed E-state index contributed by atoms with van der Waals surface area (Å²) in [5.74, 6) is 1.48. The highest BCUT2D eigenvalue weighted by Gasteiger charge is 2.09. The molecule has 1 heterocycles. The topological polar surface area (TPSA) is 57.4 Å². The summed E-state index contributed by atoms with van der Waals surface area (Å²) in [6.07, 6.45) is -0.000494. The molecule has 0 radical (unpaired) electrons. The SMILES string of the molecule is CC(C)Oc1nc(Oc2ccc(Br)cc2Br)ccc1N. The average molecular weight is 402 g/mol. The van der Waals surface area contributed by atoms with Gasteiger partial charge in [-0.2, -0.15) is 4.98 Å². The molecule has 2 aromatic rings. The number of nitrogen functional groups attached to an aromatic ring is 1. The van der Waals surface area contributed by atoms with Crippen molar-refractivity contribution >= 4 is 37.5 Å². The smallest absolute Gasteiger partial charge is 0.240 e. The summed E-state index contributed by atoms with van der Waals surface area (Å²) in [4.78, 5) is 4.27. The minimum absolute atomic E-state index is 0.000494. The first kappa shape index (κ1) is 15.1. The van der Waals surface area contributed by atoms with Gasteiger partial charge in [-0.3, -0.25) is 0 Å². The number of anilines is 1. The van der Waals surface area contributed by atoms with Crippen molar-refractivity contribution in [2.75, 3.05) is 5.73 Å². The van der Waals surface area contributed by atoms with Gasteiger partial charge in [0.2, 0.25) is 11.8 Å². The zero-order valence-electron chi connectivity index (χ0n) is 11.1. The summed E-state index contributed by atoms with van der Waals surface area (Å²) in [6, 6.07) is 9.06. The minimum atomic E-state index is -0.000494. The Balaban J connectivity index is 2.25. The quantitative estimate of drug-likeness (QED) is 0.801. The molecule has 0 aliphatic carbocycles. The lowest BCUT2D eigenvalue weighted by Gasteiger charge is -2.13. The molecule has 0 fully saturated rings. The molecule has 4 nitrogen and oxygen atoms in total. The van der Waals surface area contributed by atoms with Crippen LogP contribution in [0.1, 0.15) is 13.8 Å². The normalized spacial score (nSPS) is 10.7. The zero-order chi connectivity index (χ0) is 14.7. The van der Waals surface area contributed by atoms with Crippen molar-refractivity contribution in [3.63, 3.8) is 0 Å². The molecule has 0 bridgehead atoms. The van der Waals surface area contributed by atoms with Crippen molar-refractivity contribution < 1.29 is 9.47 Å². The van der Waals surface area contributed by atoms with Gasteiger partial charge in [-0.15, -0.1) is 0 Å². The van der Waals surface area contributed by atoms with Crippen LogP contribution in [0.5, 0.6) is 17.5 Å². The third-order valence-corrected chi connectivity index (χ3v) is 3.43. The van der Waals surface area contributed by atoms with Crippen molar-refractivity contribution in [3.05, 3.63) is 39.3 Å². The monoisotopic (exact) mass is 400 g/mol. The lowest BCUT2D eigenvalue weighted by atomic mass is 10.3. The van der Waals surface area contributed by atoms with Crippen LogP contribution < -0.4 is 15.2 Å².